The fourth-order valence-electron chi connectivity index (χ4n) is 1.68. The Labute approximate surface area is 111 Å². The first kappa shape index (κ1) is 13.2. The molecule has 1 fully saturated rings. The van der Waals surface area contributed by atoms with Gasteiger partial charge in [-0.2, -0.15) is 0 Å². The van der Waals surface area contributed by atoms with E-state index in [0.29, 0.717) is 0 Å². The molecular formula is C10H15Br3O. The molecule has 1 aliphatic rings. The second kappa shape index (κ2) is 6.00. The Morgan fingerprint density at radius 1 is 1.07 bits per heavy atom. The van der Waals surface area contributed by atoms with Gasteiger partial charge in [0.1, 0.15) is 3.23 Å². The summed E-state index contributed by atoms with van der Waals surface area (Å²) in [5.41, 5.74) is 0. The highest BCUT2D eigenvalue weighted by atomic mass is 79.9. The average Bonchev–Trinajstić information content (AvgIpc) is 2.13. The summed E-state index contributed by atoms with van der Waals surface area (Å²) in [6.45, 7) is 0. The Morgan fingerprint density at radius 3 is 2.36 bits per heavy atom. The second-order valence-electron chi connectivity index (χ2n) is 3.84. The quantitative estimate of drug-likeness (QED) is 0.554. The molecule has 0 heterocycles. The molecule has 1 aliphatic carbocycles. The SMILES string of the molecule is O=C1C(Br)CCCCCCCC1(Br)Br. The third-order valence-corrected chi connectivity index (χ3v) is 5.04. The normalized spacial score (nSPS) is 29.9. The summed E-state index contributed by atoms with van der Waals surface area (Å²) in [7, 11) is 0. The van der Waals surface area contributed by atoms with Gasteiger partial charge in [0.15, 0.2) is 5.78 Å². The van der Waals surface area contributed by atoms with Crippen LogP contribution in [0.5, 0.6) is 0 Å². The topological polar surface area (TPSA) is 17.1 Å². The van der Waals surface area contributed by atoms with E-state index in [9.17, 15) is 4.79 Å². The zero-order valence-corrected chi connectivity index (χ0v) is 12.8. The van der Waals surface area contributed by atoms with Gasteiger partial charge in [-0.15, -0.1) is 0 Å². The maximum absolute atomic E-state index is 11.9. The number of hydrogen-bond acceptors (Lipinski definition) is 1. The fourth-order valence-corrected chi connectivity index (χ4v) is 4.13. The van der Waals surface area contributed by atoms with Crippen LogP contribution < -0.4 is 0 Å². The van der Waals surface area contributed by atoms with Crippen molar-refractivity contribution in [2.24, 2.45) is 0 Å². The summed E-state index contributed by atoms with van der Waals surface area (Å²) in [6, 6.07) is 0. The lowest BCUT2D eigenvalue weighted by Gasteiger charge is -2.23. The molecule has 0 N–H and O–H groups in total. The Hall–Kier alpha value is 1.11. The van der Waals surface area contributed by atoms with Crippen LogP contribution in [0.3, 0.4) is 0 Å². The Morgan fingerprint density at radius 2 is 1.64 bits per heavy atom. The summed E-state index contributed by atoms with van der Waals surface area (Å²) < 4.78 is -0.495. The lowest BCUT2D eigenvalue weighted by atomic mass is 10.00. The molecule has 1 saturated carbocycles. The minimum absolute atomic E-state index is 0.000602. The van der Waals surface area contributed by atoms with E-state index in [4.69, 9.17) is 0 Å². The summed E-state index contributed by atoms with van der Waals surface area (Å²) >= 11 is 10.4. The number of alkyl halides is 3. The molecule has 1 unspecified atom stereocenters. The highest BCUT2D eigenvalue weighted by Gasteiger charge is 2.35. The van der Waals surface area contributed by atoms with Crippen molar-refractivity contribution in [3.8, 4) is 0 Å². The molecule has 1 atom stereocenters. The van der Waals surface area contributed by atoms with E-state index < -0.39 is 3.23 Å². The Balaban J connectivity index is 2.61. The molecular weight excluding hydrogens is 376 g/mol. The highest BCUT2D eigenvalue weighted by Crippen LogP contribution is 2.37. The van der Waals surface area contributed by atoms with E-state index in [1.807, 2.05) is 0 Å². The number of hydrogen-bond donors (Lipinski definition) is 0. The van der Waals surface area contributed by atoms with E-state index in [2.05, 4.69) is 47.8 Å². The molecule has 0 aromatic carbocycles. The first-order valence-electron chi connectivity index (χ1n) is 5.10. The smallest absolute Gasteiger partial charge is 0.173 e. The monoisotopic (exact) mass is 388 g/mol. The van der Waals surface area contributed by atoms with Crippen molar-refractivity contribution >= 4 is 53.6 Å². The van der Waals surface area contributed by atoms with Crippen molar-refractivity contribution in [1.29, 1.82) is 0 Å². The third-order valence-electron chi connectivity index (χ3n) is 2.59. The standard InChI is InChI=1S/C10H15Br3O/c11-8-6-4-2-1-3-5-7-10(12,13)9(8)14/h8H,1-7H2. The highest BCUT2D eigenvalue weighted by molar-refractivity contribution is 9.26. The van der Waals surface area contributed by atoms with Crippen LogP contribution in [0.1, 0.15) is 44.9 Å². The van der Waals surface area contributed by atoms with E-state index in [1.54, 1.807) is 0 Å². The first-order valence-corrected chi connectivity index (χ1v) is 7.60. The zero-order chi connectivity index (χ0) is 10.6. The largest absolute Gasteiger partial charge is 0.296 e. The van der Waals surface area contributed by atoms with Crippen molar-refractivity contribution in [3.63, 3.8) is 0 Å². The summed E-state index contributed by atoms with van der Waals surface area (Å²) in [5, 5.41) is 0. The van der Waals surface area contributed by atoms with Crippen molar-refractivity contribution in [2.75, 3.05) is 0 Å². The maximum Gasteiger partial charge on any atom is 0.173 e. The third kappa shape index (κ3) is 3.93. The minimum Gasteiger partial charge on any atom is -0.296 e. The van der Waals surface area contributed by atoms with E-state index in [0.717, 1.165) is 25.7 Å². The van der Waals surface area contributed by atoms with Gasteiger partial charge >= 0.3 is 0 Å². The minimum atomic E-state index is -0.495. The molecule has 0 spiro atoms. The van der Waals surface area contributed by atoms with Crippen LogP contribution in [0.2, 0.25) is 0 Å². The van der Waals surface area contributed by atoms with Crippen molar-refractivity contribution in [1.82, 2.24) is 0 Å². The summed E-state index contributed by atoms with van der Waals surface area (Å²) in [4.78, 5) is 11.9. The van der Waals surface area contributed by atoms with Gasteiger partial charge in [-0.05, 0) is 12.8 Å². The van der Waals surface area contributed by atoms with Crippen molar-refractivity contribution < 1.29 is 4.79 Å². The van der Waals surface area contributed by atoms with Crippen LogP contribution in [0.15, 0.2) is 0 Å². The molecule has 4 heteroatoms. The molecule has 82 valence electrons. The number of rotatable bonds is 0. The fraction of sp³-hybridized carbons (Fsp3) is 0.900. The van der Waals surface area contributed by atoms with Crippen LogP contribution in [0.4, 0.5) is 0 Å². The molecule has 14 heavy (non-hydrogen) atoms. The van der Waals surface area contributed by atoms with Gasteiger partial charge in [0.05, 0.1) is 4.83 Å². The molecule has 0 saturated heterocycles. The molecule has 0 aliphatic heterocycles. The number of halogens is 3. The van der Waals surface area contributed by atoms with E-state index in [-0.39, 0.29) is 10.6 Å². The van der Waals surface area contributed by atoms with Gasteiger partial charge in [0.2, 0.25) is 0 Å². The van der Waals surface area contributed by atoms with E-state index in [1.165, 1.54) is 19.3 Å². The lowest BCUT2D eigenvalue weighted by Crippen LogP contribution is -2.32. The molecule has 0 radical (unpaired) electrons. The predicted molar refractivity (Wildman–Crippen MR) is 70.6 cm³/mol. The van der Waals surface area contributed by atoms with Gasteiger partial charge in [0, 0.05) is 0 Å². The van der Waals surface area contributed by atoms with Gasteiger partial charge in [-0.1, -0.05) is 79.9 Å². The first-order chi connectivity index (χ1) is 6.54. The lowest BCUT2D eigenvalue weighted by molar-refractivity contribution is -0.118. The van der Waals surface area contributed by atoms with E-state index >= 15 is 0 Å². The molecule has 0 amide bonds. The summed E-state index contributed by atoms with van der Waals surface area (Å²) in [6.07, 6.45) is 7.89. The molecule has 0 aromatic heterocycles. The van der Waals surface area contributed by atoms with Gasteiger partial charge in [-0.25, -0.2) is 0 Å². The molecule has 1 rings (SSSR count). The average molecular weight is 391 g/mol. The molecule has 0 bridgehead atoms. The van der Waals surface area contributed by atoms with Crippen molar-refractivity contribution in [3.05, 3.63) is 0 Å². The van der Waals surface area contributed by atoms with Crippen molar-refractivity contribution in [2.45, 2.75) is 53.0 Å². The Bertz CT molecular complexity index is 204. The van der Waals surface area contributed by atoms with Crippen LogP contribution in [0, 0.1) is 0 Å². The zero-order valence-electron chi connectivity index (χ0n) is 8.07. The number of carbonyl (C=O) groups is 1. The van der Waals surface area contributed by atoms with Crippen LogP contribution in [0.25, 0.3) is 0 Å². The van der Waals surface area contributed by atoms with Crippen LogP contribution >= 0.6 is 47.8 Å². The summed E-state index contributed by atoms with van der Waals surface area (Å²) in [5.74, 6) is 0.236. The van der Waals surface area contributed by atoms with Crippen LogP contribution in [-0.2, 0) is 4.79 Å². The number of ketones is 1. The van der Waals surface area contributed by atoms with Gasteiger partial charge in [0.25, 0.3) is 0 Å². The number of Topliss-reactive ketones (excluding diaryl/α,β-unsaturated/α-hetero) is 1. The predicted octanol–water partition coefficient (Wildman–Crippen LogP) is 4.55. The van der Waals surface area contributed by atoms with Gasteiger partial charge in [-0.3, -0.25) is 4.79 Å². The molecule has 0 aromatic rings. The van der Waals surface area contributed by atoms with Gasteiger partial charge < -0.3 is 0 Å². The molecule has 1 nitrogen and oxygen atoms in total. The number of carbonyl (C=O) groups excluding carboxylic acids is 1. The Kier molecular flexibility index (Phi) is 5.64. The van der Waals surface area contributed by atoms with Crippen LogP contribution in [-0.4, -0.2) is 13.8 Å². The maximum atomic E-state index is 11.9. The second-order valence-corrected chi connectivity index (χ2v) is 8.72.